The van der Waals surface area contributed by atoms with E-state index in [0.717, 1.165) is 38.1 Å². The van der Waals surface area contributed by atoms with E-state index in [1.165, 1.54) is 30.7 Å². The molecule has 4 rings (SSSR count). The first-order chi connectivity index (χ1) is 16.9. The average molecular weight is 476 g/mol. The van der Waals surface area contributed by atoms with E-state index in [9.17, 15) is 24.0 Å². The smallest absolute Gasteiger partial charge is 0.356 e. The average Bonchev–Trinajstić information content (AvgIpc) is 2.88. The minimum Gasteiger partial charge on any atom is -0.423 e. The van der Waals surface area contributed by atoms with Gasteiger partial charge in [-0.15, -0.1) is 0 Å². The van der Waals surface area contributed by atoms with Crippen molar-refractivity contribution in [1.29, 1.82) is 0 Å². The van der Waals surface area contributed by atoms with Gasteiger partial charge >= 0.3 is 11.9 Å². The number of piperidine rings is 1. The van der Waals surface area contributed by atoms with Gasteiger partial charge in [-0.25, -0.2) is 9.59 Å². The standard InChI is InChI=1S/C26H24N2O7/c29-21(13-16-28-14-4-1-5-15-28)27-35-23(31)12-11-22(30)34-20-10-6-9-19-24(20)26(33)18-8-3-2-7-17(18)25(19)32/h2-3,6-12H,1,4-5,13-16H2,(H,27,29)/b12-11-. The fraction of sp³-hybridized carbons (Fsp3) is 0.269. The van der Waals surface area contributed by atoms with Crippen LogP contribution in [0.15, 0.2) is 54.6 Å². The number of nitrogens with zero attached hydrogens (tertiary/aromatic N) is 1. The first-order valence-electron chi connectivity index (χ1n) is 11.4. The Kier molecular flexibility index (Phi) is 7.47. The van der Waals surface area contributed by atoms with E-state index < -0.39 is 23.6 Å². The van der Waals surface area contributed by atoms with Gasteiger partial charge < -0.3 is 14.5 Å². The molecule has 0 radical (unpaired) electrons. The lowest BCUT2D eigenvalue weighted by Gasteiger charge is -2.25. The van der Waals surface area contributed by atoms with E-state index >= 15 is 0 Å². The molecule has 2 aromatic carbocycles. The van der Waals surface area contributed by atoms with Gasteiger partial charge in [0.2, 0.25) is 0 Å². The van der Waals surface area contributed by atoms with Crippen LogP contribution in [0.5, 0.6) is 5.75 Å². The first-order valence-corrected chi connectivity index (χ1v) is 11.4. The van der Waals surface area contributed by atoms with Crippen LogP contribution in [-0.4, -0.2) is 53.9 Å². The summed E-state index contributed by atoms with van der Waals surface area (Å²) in [5.41, 5.74) is 2.69. The quantitative estimate of drug-likeness (QED) is 0.249. The molecule has 2 aromatic rings. The Bertz CT molecular complexity index is 1210. The van der Waals surface area contributed by atoms with Crippen molar-refractivity contribution in [3.8, 4) is 5.75 Å². The molecule has 1 amide bonds. The van der Waals surface area contributed by atoms with Crippen LogP contribution in [0.3, 0.4) is 0 Å². The number of carbonyl (C=O) groups excluding carboxylic acids is 5. The third kappa shape index (κ3) is 5.70. The Morgan fingerprint density at radius 3 is 2.23 bits per heavy atom. The van der Waals surface area contributed by atoms with E-state index in [-0.39, 0.29) is 40.2 Å². The number of hydroxylamine groups is 1. The van der Waals surface area contributed by atoms with E-state index in [2.05, 4.69) is 15.2 Å². The van der Waals surface area contributed by atoms with E-state index in [1.807, 2.05) is 0 Å². The molecular weight excluding hydrogens is 452 g/mol. The molecule has 1 aliphatic carbocycles. The maximum atomic E-state index is 12.9. The number of nitrogens with one attached hydrogen (secondary N) is 1. The van der Waals surface area contributed by atoms with Gasteiger partial charge in [-0.1, -0.05) is 42.8 Å². The molecule has 9 heteroatoms. The molecule has 1 aliphatic heterocycles. The van der Waals surface area contributed by atoms with Gasteiger partial charge in [-0.3, -0.25) is 14.4 Å². The molecule has 0 saturated carbocycles. The number of ether oxygens (including phenoxy) is 1. The zero-order valence-electron chi connectivity index (χ0n) is 19.0. The molecule has 1 heterocycles. The van der Waals surface area contributed by atoms with Crippen LogP contribution >= 0.6 is 0 Å². The van der Waals surface area contributed by atoms with Gasteiger partial charge in [0.15, 0.2) is 11.6 Å². The number of rotatable bonds is 6. The number of hydrogen-bond donors (Lipinski definition) is 1. The van der Waals surface area contributed by atoms with Crippen LogP contribution < -0.4 is 10.2 Å². The number of ketones is 2. The molecule has 1 N–H and O–H groups in total. The zero-order valence-corrected chi connectivity index (χ0v) is 19.0. The van der Waals surface area contributed by atoms with Gasteiger partial charge in [0.25, 0.3) is 5.91 Å². The van der Waals surface area contributed by atoms with Crippen molar-refractivity contribution in [2.75, 3.05) is 19.6 Å². The van der Waals surface area contributed by atoms with E-state index in [1.54, 1.807) is 18.2 Å². The molecule has 1 saturated heterocycles. The third-order valence-corrected chi connectivity index (χ3v) is 5.85. The Balaban J connectivity index is 1.31. The zero-order chi connectivity index (χ0) is 24.8. The molecule has 0 bridgehead atoms. The van der Waals surface area contributed by atoms with Crippen molar-refractivity contribution in [1.82, 2.24) is 10.4 Å². The maximum Gasteiger partial charge on any atom is 0.356 e. The summed E-state index contributed by atoms with van der Waals surface area (Å²) >= 11 is 0. The fourth-order valence-electron chi connectivity index (χ4n) is 4.11. The van der Waals surface area contributed by atoms with Crippen molar-refractivity contribution >= 4 is 29.4 Å². The first kappa shape index (κ1) is 24.0. The minimum absolute atomic E-state index is 0.0125. The van der Waals surface area contributed by atoms with Crippen LogP contribution in [0.25, 0.3) is 0 Å². The van der Waals surface area contributed by atoms with E-state index in [4.69, 9.17) is 4.74 Å². The molecule has 0 unspecified atom stereocenters. The Morgan fingerprint density at radius 1 is 0.829 bits per heavy atom. The summed E-state index contributed by atoms with van der Waals surface area (Å²) in [7, 11) is 0. The SMILES string of the molecule is O=C(CCN1CCCCC1)NOC(=O)/C=C\C(=O)Oc1cccc2c1C(=O)c1ccccc1C2=O. The number of benzene rings is 2. The van der Waals surface area contributed by atoms with Crippen molar-refractivity contribution in [2.45, 2.75) is 25.7 Å². The Labute approximate surface area is 201 Å². The van der Waals surface area contributed by atoms with Gasteiger partial charge in [-0.2, -0.15) is 5.48 Å². The summed E-state index contributed by atoms with van der Waals surface area (Å²) in [5.74, 6) is -3.24. The molecule has 0 spiro atoms. The summed E-state index contributed by atoms with van der Waals surface area (Å²) in [6.45, 7) is 2.49. The van der Waals surface area contributed by atoms with Crippen molar-refractivity contribution < 1.29 is 33.5 Å². The van der Waals surface area contributed by atoms with Crippen LogP contribution in [0.2, 0.25) is 0 Å². The molecule has 9 nitrogen and oxygen atoms in total. The van der Waals surface area contributed by atoms with Gasteiger partial charge in [0, 0.05) is 41.8 Å². The molecule has 180 valence electrons. The van der Waals surface area contributed by atoms with Crippen LogP contribution in [-0.2, 0) is 19.2 Å². The van der Waals surface area contributed by atoms with Gasteiger partial charge in [0.05, 0.1) is 5.56 Å². The van der Waals surface area contributed by atoms with Gasteiger partial charge in [-0.05, 0) is 32.0 Å². The topological polar surface area (TPSA) is 119 Å². The fourth-order valence-corrected chi connectivity index (χ4v) is 4.11. The third-order valence-electron chi connectivity index (χ3n) is 5.85. The summed E-state index contributed by atoms with van der Waals surface area (Å²) in [6, 6.07) is 10.8. The Morgan fingerprint density at radius 2 is 1.49 bits per heavy atom. The molecule has 0 aromatic heterocycles. The monoisotopic (exact) mass is 476 g/mol. The minimum atomic E-state index is -0.969. The number of amides is 1. The number of carbonyl (C=O) groups is 5. The number of fused-ring (bicyclic) bond motifs is 2. The van der Waals surface area contributed by atoms with Crippen LogP contribution in [0, 0.1) is 0 Å². The lowest BCUT2D eigenvalue weighted by molar-refractivity contribution is -0.153. The van der Waals surface area contributed by atoms with Crippen LogP contribution in [0.4, 0.5) is 0 Å². The Hall–Kier alpha value is -4.11. The van der Waals surface area contributed by atoms with Gasteiger partial charge in [0.1, 0.15) is 5.75 Å². The highest BCUT2D eigenvalue weighted by Gasteiger charge is 2.32. The molecule has 1 fully saturated rings. The molecular formula is C26H24N2O7. The highest BCUT2D eigenvalue weighted by Crippen LogP contribution is 2.33. The highest BCUT2D eigenvalue weighted by atomic mass is 16.7. The number of likely N-dealkylation sites (tertiary alicyclic amines) is 1. The molecule has 0 atom stereocenters. The predicted molar refractivity (Wildman–Crippen MR) is 124 cm³/mol. The second-order valence-corrected chi connectivity index (χ2v) is 8.24. The normalized spacial score (nSPS) is 15.3. The van der Waals surface area contributed by atoms with Crippen molar-refractivity contribution in [3.05, 3.63) is 76.9 Å². The summed E-state index contributed by atoms with van der Waals surface area (Å²) in [4.78, 5) is 68.5. The second-order valence-electron chi connectivity index (χ2n) is 8.24. The van der Waals surface area contributed by atoms with Crippen molar-refractivity contribution in [2.24, 2.45) is 0 Å². The number of hydrogen-bond acceptors (Lipinski definition) is 8. The molecule has 35 heavy (non-hydrogen) atoms. The molecule has 2 aliphatic rings. The van der Waals surface area contributed by atoms with E-state index in [0.29, 0.717) is 6.54 Å². The van der Waals surface area contributed by atoms with Crippen molar-refractivity contribution in [3.63, 3.8) is 0 Å². The number of esters is 1. The maximum absolute atomic E-state index is 12.9. The predicted octanol–water partition coefficient (Wildman–Crippen LogP) is 2.37. The summed E-state index contributed by atoms with van der Waals surface area (Å²) < 4.78 is 5.23. The summed E-state index contributed by atoms with van der Waals surface area (Å²) in [6.07, 6.45) is 5.22. The largest absolute Gasteiger partial charge is 0.423 e. The summed E-state index contributed by atoms with van der Waals surface area (Å²) in [5, 5.41) is 0. The van der Waals surface area contributed by atoms with Crippen LogP contribution in [0.1, 0.15) is 57.5 Å². The second kappa shape index (κ2) is 10.9. The highest BCUT2D eigenvalue weighted by molar-refractivity contribution is 6.29. The lowest BCUT2D eigenvalue weighted by atomic mass is 9.83. The lowest BCUT2D eigenvalue weighted by Crippen LogP contribution is -2.34.